The van der Waals surface area contributed by atoms with Gasteiger partial charge in [-0.3, -0.25) is 25.0 Å². The number of ether oxygens (including phenoxy) is 2. The van der Waals surface area contributed by atoms with E-state index in [-0.39, 0.29) is 22.0 Å². The first-order valence-corrected chi connectivity index (χ1v) is 9.66. The molecule has 0 aliphatic carbocycles. The zero-order chi connectivity index (χ0) is 23.3. The van der Waals surface area contributed by atoms with Crippen molar-refractivity contribution in [2.75, 3.05) is 43.1 Å². The highest BCUT2D eigenvalue weighted by Gasteiger charge is 2.24. The molecule has 0 unspecified atom stereocenters. The van der Waals surface area contributed by atoms with Crippen molar-refractivity contribution in [2.45, 2.75) is 0 Å². The highest BCUT2D eigenvalue weighted by molar-refractivity contribution is 6.31. The molecular weight excluding hydrogens is 448 g/mol. The van der Waals surface area contributed by atoms with E-state index in [2.05, 4.69) is 5.32 Å². The molecule has 168 valence electrons. The number of carbonyl (C=O) groups excluding carboxylic acids is 2. The van der Waals surface area contributed by atoms with Crippen molar-refractivity contribution in [3.05, 3.63) is 67.2 Å². The highest BCUT2D eigenvalue weighted by Crippen LogP contribution is 2.29. The quantitative estimate of drug-likeness (QED) is 0.370. The summed E-state index contributed by atoms with van der Waals surface area (Å²) in [7, 11) is 0. The van der Waals surface area contributed by atoms with Gasteiger partial charge >= 0.3 is 5.97 Å². The summed E-state index contributed by atoms with van der Waals surface area (Å²) in [6.45, 7) is 1.03. The lowest BCUT2D eigenvalue weighted by Gasteiger charge is -2.30. The van der Waals surface area contributed by atoms with Crippen LogP contribution in [-0.2, 0) is 14.3 Å². The van der Waals surface area contributed by atoms with Gasteiger partial charge in [0.15, 0.2) is 6.61 Å². The number of morpholine rings is 1. The second kappa shape index (κ2) is 10.0. The summed E-state index contributed by atoms with van der Waals surface area (Å²) in [4.78, 5) is 47.6. The lowest BCUT2D eigenvalue weighted by molar-refractivity contribution is -0.384. The minimum atomic E-state index is -0.948. The van der Waals surface area contributed by atoms with Crippen LogP contribution < -0.4 is 10.2 Å². The topological polar surface area (TPSA) is 154 Å². The van der Waals surface area contributed by atoms with Crippen LogP contribution >= 0.6 is 11.6 Å². The minimum Gasteiger partial charge on any atom is -0.452 e. The molecule has 1 aliphatic heterocycles. The fraction of sp³-hybridized carbons (Fsp3) is 0.263. The van der Waals surface area contributed by atoms with Crippen LogP contribution in [0.5, 0.6) is 0 Å². The summed E-state index contributed by atoms with van der Waals surface area (Å²) in [6, 6.07) is 7.46. The Hall–Kier alpha value is -3.77. The predicted molar refractivity (Wildman–Crippen MR) is 113 cm³/mol. The average molecular weight is 465 g/mol. The van der Waals surface area contributed by atoms with Crippen LogP contribution in [0.25, 0.3) is 0 Å². The Labute approximate surface area is 186 Å². The van der Waals surface area contributed by atoms with E-state index >= 15 is 0 Å². The molecule has 3 rings (SSSR count). The van der Waals surface area contributed by atoms with Gasteiger partial charge in [-0.05, 0) is 18.2 Å². The third kappa shape index (κ3) is 5.47. The molecule has 0 aromatic heterocycles. The first-order chi connectivity index (χ1) is 15.3. The first kappa shape index (κ1) is 22.9. The van der Waals surface area contributed by atoms with Gasteiger partial charge in [-0.15, -0.1) is 0 Å². The van der Waals surface area contributed by atoms with Crippen molar-refractivity contribution in [3.63, 3.8) is 0 Å². The van der Waals surface area contributed by atoms with E-state index in [1.165, 1.54) is 24.3 Å². The van der Waals surface area contributed by atoms with Gasteiger partial charge in [-0.25, -0.2) is 4.79 Å². The van der Waals surface area contributed by atoms with E-state index in [9.17, 15) is 29.8 Å². The van der Waals surface area contributed by atoms with E-state index in [1.807, 2.05) is 4.90 Å². The maximum atomic E-state index is 12.7. The Kier molecular flexibility index (Phi) is 7.18. The van der Waals surface area contributed by atoms with Gasteiger partial charge in [0.25, 0.3) is 17.3 Å². The molecule has 2 aromatic carbocycles. The number of nitro benzene ring substituents is 2. The van der Waals surface area contributed by atoms with Gasteiger partial charge in [0.2, 0.25) is 0 Å². The molecule has 0 saturated carbocycles. The van der Waals surface area contributed by atoms with Gasteiger partial charge in [0, 0.05) is 36.3 Å². The van der Waals surface area contributed by atoms with Crippen LogP contribution in [0.4, 0.5) is 22.7 Å². The fourth-order valence-corrected chi connectivity index (χ4v) is 3.20. The molecule has 1 saturated heterocycles. The number of carbonyl (C=O) groups is 2. The number of anilines is 2. The molecule has 0 atom stereocenters. The number of hydrogen-bond donors (Lipinski definition) is 1. The largest absolute Gasteiger partial charge is 0.452 e. The van der Waals surface area contributed by atoms with Crippen molar-refractivity contribution in [3.8, 4) is 0 Å². The molecule has 0 radical (unpaired) electrons. The van der Waals surface area contributed by atoms with Crippen LogP contribution in [0, 0.1) is 20.2 Å². The molecule has 0 bridgehead atoms. The number of amides is 1. The predicted octanol–water partition coefficient (Wildman–Crippen LogP) is 2.79. The summed E-state index contributed by atoms with van der Waals surface area (Å²) >= 11 is 5.74. The maximum absolute atomic E-state index is 12.7. The minimum absolute atomic E-state index is 0.0774. The average Bonchev–Trinajstić information content (AvgIpc) is 2.78. The Morgan fingerprint density at radius 1 is 1.09 bits per heavy atom. The van der Waals surface area contributed by atoms with Crippen LogP contribution in [0.15, 0.2) is 36.4 Å². The van der Waals surface area contributed by atoms with Gasteiger partial charge in [0.05, 0.1) is 34.3 Å². The number of rotatable bonds is 7. The number of non-ortho nitro benzene ring substituents is 1. The smallest absolute Gasteiger partial charge is 0.341 e. The fourth-order valence-electron chi connectivity index (χ4n) is 3.04. The van der Waals surface area contributed by atoms with Crippen LogP contribution in [0.3, 0.4) is 0 Å². The zero-order valence-corrected chi connectivity index (χ0v) is 17.2. The second-order valence-corrected chi connectivity index (χ2v) is 7.04. The van der Waals surface area contributed by atoms with Crippen molar-refractivity contribution in [1.82, 2.24) is 0 Å². The second-order valence-electron chi connectivity index (χ2n) is 6.60. The molecule has 12 nitrogen and oxygen atoms in total. The maximum Gasteiger partial charge on any atom is 0.341 e. The number of nitrogens with zero attached hydrogens (tertiary/aromatic N) is 3. The van der Waals surface area contributed by atoms with E-state index in [0.29, 0.717) is 32.0 Å². The Morgan fingerprint density at radius 2 is 1.81 bits per heavy atom. The lowest BCUT2D eigenvalue weighted by Crippen LogP contribution is -2.37. The summed E-state index contributed by atoms with van der Waals surface area (Å²) in [6.07, 6.45) is 0. The molecule has 32 heavy (non-hydrogen) atoms. The summed E-state index contributed by atoms with van der Waals surface area (Å²) in [5, 5.41) is 24.7. The van der Waals surface area contributed by atoms with E-state index in [0.717, 1.165) is 12.1 Å². The van der Waals surface area contributed by atoms with Gasteiger partial charge in [-0.2, -0.15) is 0 Å². The van der Waals surface area contributed by atoms with Gasteiger partial charge in [0.1, 0.15) is 5.69 Å². The van der Waals surface area contributed by atoms with Crippen LogP contribution in [0.1, 0.15) is 10.4 Å². The van der Waals surface area contributed by atoms with Gasteiger partial charge in [-0.1, -0.05) is 11.6 Å². The Bertz CT molecular complexity index is 1070. The summed E-state index contributed by atoms with van der Waals surface area (Å²) in [5.41, 5.74) is -0.519. The Morgan fingerprint density at radius 3 is 2.47 bits per heavy atom. The van der Waals surface area contributed by atoms with E-state index < -0.39 is 34.0 Å². The van der Waals surface area contributed by atoms with Crippen molar-refractivity contribution in [2.24, 2.45) is 0 Å². The third-order valence-electron chi connectivity index (χ3n) is 4.53. The number of benzene rings is 2. The number of halogens is 1. The summed E-state index contributed by atoms with van der Waals surface area (Å²) in [5.74, 6) is -1.78. The SMILES string of the molecule is O=C(COC(=O)c1cc([N+](=O)[O-])ccc1N1CCOCC1)Nc1ccc(Cl)cc1[N+](=O)[O-]. The molecule has 2 aromatic rings. The normalized spacial score (nSPS) is 13.3. The van der Waals surface area contributed by atoms with Crippen LogP contribution in [0.2, 0.25) is 5.02 Å². The van der Waals surface area contributed by atoms with Gasteiger partial charge < -0.3 is 19.7 Å². The van der Waals surface area contributed by atoms with Crippen LogP contribution in [-0.4, -0.2) is 54.6 Å². The van der Waals surface area contributed by atoms with Crippen molar-refractivity contribution in [1.29, 1.82) is 0 Å². The van der Waals surface area contributed by atoms with E-state index in [1.54, 1.807) is 0 Å². The molecule has 1 aliphatic rings. The zero-order valence-electron chi connectivity index (χ0n) is 16.5. The Balaban J connectivity index is 1.74. The molecule has 13 heteroatoms. The summed E-state index contributed by atoms with van der Waals surface area (Å²) < 4.78 is 10.3. The number of hydrogen-bond acceptors (Lipinski definition) is 9. The molecule has 1 amide bonds. The monoisotopic (exact) mass is 464 g/mol. The molecule has 1 heterocycles. The molecule has 1 N–H and O–H groups in total. The standard InChI is InChI=1S/C19H17ClN4O8/c20-12-1-3-15(17(9-12)24(29)30)21-18(25)11-32-19(26)14-10-13(23(27)28)2-4-16(14)22-5-7-31-8-6-22/h1-4,9-10H,5-8,11H2,(H,21,25). The van der Waals surface area contributed by atoms with Crippen molar-refractivity contribution >= 4 is 46.2 Å². The van der Waals surface area contributed by atoms with E-state index in [4.69, 9.17) is 21.1 Å². The highest BCUT2D eigenvalue weighted by atomic mass is 35.5. The molecule has 1 fully saturated rings. The number of nitro groups is 2. The first-order valence-electron chi connectivity index (χ1n) is 9.28. The molecular formula is C19H17ClN4O8. The molecule has 0 spiro atoms. The third-order valence-corrected chi connectivity index (χ3v) is 4.76. The lowest BCUT2D eigenvalue weighted by atomic mass is 10.1. The van der Waals surface area contributed by atoms with Crippen molar-refractivity contribution < 1.29 is 28.9 Å². The number of esters is 1. The number of nitrogens with one attached hydrogen (secondary N) is 1.